The van der Waals surface area contributed by atoms with Crippen molar-refractivity contribution in [2.45, 2.75) is 39.2 Å². The molecule has 2 rings (SSSR count). The van der Waals surface area contributed by atoms with Gasteiger partial charge in [-0.3, -0.25) is 4.72 Å². The van der Waals surface area contributed by atoms with E-state index in [2.05, 4.69) is 23.9 Å². The molecular formula is C14H23N3O2S. The maximum atomic E-state index is 11.0. The van der Waals surface area contributed by atoms with Crippen LogP contribution < -0.4 is 15.2 Å². The second kappa shape index (κ2) is 6.01. The van der Waals surface area contributed by atoms with Crippen LogP contribution in [0.3, 0.4) is 0 Å². The lowest BCUT2D eigenvalue weighted by Gasteiger charge is -2.33. The molecule has 0 aromatic heterocycles. The van der Waals surface area contributed by atoms with Crippen LogP contribution in [0.1, 0.15) is 33.1 Å². The van der Waals surface area contributed by atoms with Gasteiger partial charge in [0.25, 0.3) is 10.2 Å². The Balaban J connectivity index is 2.04. The fourth-order valence-electron chi connectivity index (χ4n) is 2.93. The van der Waals surface area contributed by atoms with Crippen LogP contribution >= 0.6 is 0 Å². The van der Waals surface area contributed by atoms with E-state index in [1.807, 2.05) is 12.1 Å². The molecule has 1 saturated carbocycles. The normalized spacial score (nSPS) is 27.1. The molecule has 0 radical (unpaired) electrons. The molecule has 4 N–H and O–H groups in total. The summed E-state index contributed by atoms with van der Waals surface area (Å²) in [5.74, 6) is 1.41. The Bertz CT molecular complexity index is 559. The van der Waals surface area contributed by atoms with Crippen molar-refractivity contribution in [1.82, 2.24) is 0 Å². The molecule has 1 fully saturated rings. The van der Waals surface area contributed by atoms with Gasteiger partial charge < -0.3 is 5.32 Å². The lowest BCUT2D eigenvalue weighted by Crippen LogP contribution is -2.33. The van der Waals surface area contributed by atoms with E-state index in [0.29, 0.717) is 17.6 Å². The number of nitrogens with one attached hydrogen (secondary N) is 2. The van der Waals surface area contributed by atoms with E-state index < -0.39 is 10.2 Å². The van der Waals surface area contributed by atoms with E-state index in [4.69, 9.17) is 5.14 Å². The van der Waals surface area contributed by atoms with Crippen molar-refractivity contribution in [1.29, 1.82) is 0 Å². The summed E-state index contributed by atoms with van der Waals surface area (Å²) in [7, 11) is -3.72. The zero-order chi connectivity index (χ0) is 14.8. The first-order valence-corrected chi connectivity index (χ1v) is 8.55. The van der Waals surface area contributed by atoms with Gasteiger partial charge in [0.05, 0.1) is 5.69 Å². The first-order valence-electron chi connectivity index (χ1n) is 7.00. The molecule has 1 aliphatic carbocycles. The molecule has 6 heteroatoms. The number of hydrogen-bond donors (Lipinski definition) is 3. The largest absolute Gasteiger partial charge is 0.382 e. The van der Waals surface area contributed by atoms with Crippen molar-refractivity contribution in [3.8, 4) is 0 Å². The Morgan fingerprint density at radius 2 is 1.90 bits per heavy atom. The van der Waals surface area contributed by atoms with Crippen molar-refractivity contribution in [3.05, 3.63) is 24.3 Å². The lowest BCUT2D eigenvalue weighted by atomic mass is 9.80. The molecule has 112 valence electrons. The minimum absolute atomic E-state index is 0.441. The van der Waals surface area contributed by atoms with Crippen LogP contribution in [-0.4, -0.2) is 14.5 Å². The van der Waals surface area contributed by atoms with Crippen molar-refractivity contribution in [3.63, 3.8) is 0 Å². The molecule has 0 bridgehead atoms. The highest BCUT2D eigenvalue weighted by Crippen LogP contribution is 2.31. The standard InChI is InChI=1S/C14H23N3O2S/c1-10-6-7-14(11(2)8-10)16-12-4-3-5-13(9-12)17-20(15,18)19/h3-5,9-11,14,16-17H,6-8H2,1-2H3,(H2,15,18,19). The highest BCUT2D eigenvalue weighted by Gasteiger charge is 2.25. The number of anilines is 2. The molecule has 0 aliphatic heterocycles. The van der Waals surface area contributed by atoms with E-state index in [-0.39, 0.29) is 0 Å². The third kappa shape index (κ3) is 4.38. The van der Waals surface area contributed by atoms with Crippen LogP contribution in [0, 0.1) is 11.8 Å². The fourth-order valence-corrected chi connectivity index (χ4v) is 3.39. The third-order valence-electron chi connectivity index (χ3n) is 3.91. The summed E-state index contributed by atoms with van der Waals surface area (Å²) in [6.07, 6.45) is 3.61. The molecule has 0 heterocycles. The fraction of sp³-hybridized carbons (Fsp3) is 0.571. The van der Waals surface area contributed by atoms with Crippen LogP contribution in [-0.2, 0) is 10.2 Å². The molecule has 5 nitrogen and oxygen atoms in total. The van der Waals surface area contributed by atoms with Gasteiger partial charge in [-0.05, 0) is 49.3 Å². The Hall–Kier alpha value is -1.27. The predicted octanol–water partition coefficient (Wildman–Crippen LogP) is 2.54. The maximum absolute atomic E-state index is 11.0. The topological polar surface area (TPSA) is 84.2 Å². The zero-order valence-corrected chi connectivity index (χ0v) is 12.8. The summed E-state index contributed by atoms with van der Waals surface area (Å²) in [6, 6.07) is 7.65. The average Bonchev–Trinajstić information content (AvgIpc) is 2.31. The first kappa shape index (κ1) is 15.1. The van der Waals surface area contributed by atoms with Gasteiger partial charge in [-0.25, -0.2) is 5.14 Å². The van der Waals surface area contributed by atoms with Crippen LogP contribution in [0.2, 0.25) is 0 Å². The van der Waals surface area contributed by atoms with Crippen LogP contribution in [0.4, 0.5) is 11.4 Å². The summed E-state index contributed by atoms with van der Waals surface area (Å²) in [5.41, 5.74) is 1.40. The highest BCUT2D eigenvalue weighted by molar-refractivity contribution is 7.90. The van der Waals surface area contributed by atoms with Gasteiger partial charge in [0.15, 0.2) is 0 Å². The van der Waals surface area contributed by atoms with Gasteiger partial charge in [-0.1, -0.05) is 19.9 Å². The Labute approximate surface area is 121 Å². The summed E-state index contributed by atoms with van der Waals surface area (Å²) in [5, 5.41) is 8.48. The lowest BCUT2D eigenvalue weighted by molar-refractivity contribution is 0.276. The zero-order valence-electron chi connectivity index (χ0n) is 12.0. The first-order chi connectivity index (χ1) is 9.33. The monoisotopic (exact) mass is 297 g/mol. The van der Waals surface area contributed by atoms with Crippen LogP contribution in [0.25, 0.3) is 0 Å². The molecule has 3 unspecified atom stereocenters. The molecule has 1 aromatic rings. The van der Waals surface area contributed by atoms with Gasteiger partial charge in [0, 0.05) is 11.7 Å². The number of hydrogen-bond acceptors (Lipinski definition) is 3. The quantitative estimate of drug-likeness (QED) is 0.798. The van der Waals surface area contributed by atoms with E-state index in [9.17, 15) is 8.42 Å². The number of rotatable bonds is 4. The Morgan fingerprint density at radius 3 is 2.55 bits per heavy atom. The molecule has 0 saturated heterocycles. The molecule has 3 atom stereocenters. The van der Waals surface area contributed by atoms with Crippen molar-refractivity contribution in [2.75, 3.05) is 10.0 Å². The summed E-state index contributed by atoms with van der Waals surface area (Å²) in [4.78, 5) is 0. The average molecular weight is 297 g/mol. The third-order valence-corrected chi connectivity index (χ3v) is 4.43. The smallest absolute Gasteiger partial charge is 0.296 e. The van der Waals surface area contributed by atoms with Gasteiger partial charge >= 0.3 is 0 Å². The van der Waals surface area contributed by atoms with Crippen molar-refractivity contribution >= 4 is 21.6 Å². The Kier molecular flexibility index (Phi) is 4.55. The summed E-state index contributed by atoms with van der Waals surface area (Å²) < 4.78 is 24.4. The second-order valence-corrected chi connectivity index (χ2v) is 7.17. The summed E-state index contributed by atoms with van der Waals surface area (Å²) >= 11 is 0. The van der Waals surface area contributed by atoms with E-state index in [1.165, 1.54) is 12.8 Å². The molecule has 1 aromatic carbocycles. The molecule has 0 amide bonds. The van der Waals surface area contributed by atoms with Gasteiger partial charge in [0.1, 0.15) is 0 Å². The summed E-state index contributed by atoms with van der Waals surface area (Å²) in [6.45, 7) is 4.56. The molecule has 20 heavy (non-hydrogen) atoms. The highest BCUT2D eigenvalue weighted by atomic mass is 32.2. The predicted molar refractivity (Wildman–Crippen MR) is 82.8 cm³/mol. The Morgan fingerprint density at radius 1 is 1.20 bits per heavy atom. The molecule has 0 spiro atoms. The molecular weight excluding hydrogens is 274 g/mol. The number of benzene rings is 1. The molecule has 1 aliphatic rings. The minimum atomic E-state index is -3.72. The van der Waals surface area contributed by atoms with Crippen LogP contribution in [0.5, 0.6) is 0 Å². The van der Waals surface area contributed by atoms with E-state index in [1.54, 1.807) is 12.1 Å². The minimum Gasteiger partial charge on any atom is -0.382 e. The van der Waals surface area contributed by atoms with E-state index in [0.717, 1.165) is 18.0 Å². The van der Waals surface area contributed by atoms with Crippen molar-refractivity contribution in [2.24, 2.45) is 17.0 Å². The van der Waals surface area contributed by atoms with E-state index >= 15 is 0 Å². The number of nitrogens with two attached hydrogens (primary N) is 1. The van der Waals surface area contributed by atoms with Gasteiger partial charge in [-0.15, -0.1) is 0 Å². The van der Waals surface area contributed by atoms with Gasteiger partial charge in [-0.2, -0.15) is 8.42 Å². The maximum Gasteiger partial charge on any atom is 0.296 e. The SMILES string of the molecule is CC1CCC(Nc2cccc(NS(N)(=O)=O)c2)C(C)C1. The van der Waals surface area contributed by atoms with Gasteiger partial charge in [0.2, 0.25) is 0 Å². The van der Waals surface area contributed by atoms with Crippen molar-refractivity contribution < 1.29 is 8.42 Å². The van der Waals surface area contributed by atoms with Crippen LogP contribution in [0.15, 0.2) is 24.3 Å². The second-order valence-electron chi connectivity index (χ2n) is 5.87.